The van der Waals surface area contributed by atoms with Crippen molar-refractivity contribution in [2.45, 2.75) is 25.5 Å². The number of rotatable bonds is 6. The predicted octanol–water partition coefficient (Wildman–Crippen LogP) is 2.40. The minimum atomic E-state index is -1.46. The van der Waals surface area contributed by atoms with E-state index in [2.05, 4.69) is 0 Å². The molecular weight excluding hydrogens is 365 g/mol. The van der Waals surface area contributed by atoms with Crippen LogP contribution in [0.25, 0.3) is 0 Å². The number of likely N-dealkylation sites (tertiary alicyclic amines) is 1. The summed E-state index contributed by atoms with van der Waals surface area (Å²) < 4.78 is 13.5. The van der Waals surface area contributed by atoms with Crippen LogP contribution in [0.15, 0.2) is 48.5 Å². The van der Waals surface area contributed by atoms with Crippen molar-refractivity contribution in [3.8, 4) is 0 Å². The monoisotopic (exact) mass is 387 g/mol. The molecule has 0 unspecified atom stereocenters. The number of carbonyl (C=O) groups is 2. The van der Waals surface area contributed by atoms with Crippen molar-refractivity contribution in [1.29, 1.82) is 0 Å². The largest absolute Gasteiger partial charge is 0.481 e. The summed E-state index contributed by atoms with van der Waals surface area (Å²) in [6.45, 7) is 0.931. The number of aliphatic hydroxyl groups excluding tert-OH is 1. The number of carboxylic acid groups (broad SMARTS) is 2. The third-order valence-corrected chi connectivity index (χ3v) is 5.28. The van der Waals surface area contributed by atoms with Gasteiger partial charge in [0.05, 0.1) is 11.7 Å². The summed E-state index contributed by atoms with van der Waals surface area (Å²) in [5.74, 6) is -2.61. The van der Waals surface area contributed by atoms with Crippen molar-refractivity contribution in [3.05, 3.63) is 71.0 Å². The Morgan fingerprint density at radius 3 is 2.50 bits per heavy atom. The number of carboxylic acids is 2. The van der Waals surface area contributed by atoms with Crippen molar-refractivity contribution >= 4 is 11.9 Å². The smallest absolute Gasteiger partial charge is 0.335 e. The van der Waals surface area contributed by atoms with Gasteiger partial charge in [-0.3, -0.25) is 9.69 Å². The Bertz CT molecular complexity index is 887. The highest BCUT2D eigenvalue weighted by Gasteiger charge is 2.49. The highest BCUT2D eigenvalue weighted by atomic mass is 19.1. The van der Waals surface area contributed by atoms with E-state index in [0.717, 1.165) is 5.56 Å². The van der Waals surface area contributed by atoms with Gasteiger partial charge in [0.2, 0.25) is 0 Å². The van der Waals surface area contributed by atoms with E-state index in [4.69, 9.17) is 5.11 Å². The van der Waals surface area contributed by atoms with Crippen LogP contribution >= 0.6 is 0 Å². The maximum absolute atomic E-state index is 13.5. The maximum atomic E-state index is 13.5. The molecular formula is C21H22FNO5. The summed E-state index contributed by atoms with van der Waals surface area (Å²) >= 11 is 0. The summed E-state index contributed by atoms with van der Waals surface area (Å²) in [4.78, 5) is 25.2. The van der Waals surface area contributed by atoms with Gasteiger partial charge in [0.15, 0.2) is 0 Å². The Labute approximate surface area is 161 Å². The molecule has 0 aliphatic carbocycles. The first-order valence-corrected chi connectivity index (χ1v) is 9.01. The number of hydrogen-bond donors (Lipinski definition) is 3. The third kappa shape index (κ3) is 4.21. The maximum Gasteiger partial charge on any atom is 0.335 e. The van der Waals surface area contributed by atoms with Crippen LogP contribution in [0.2, 0.25) is 0 Å². The standard InChI is InChI=1S/C21H22FNO5/c22-17-6-2-3-14(10-17)11-21(20(27)28)13-23(8-7-18(21)24)12-15-4-1-5-16(9-15)19(25)26/h1-6,9-10,18,24H,7-8,11-13H2,(H,25,26)(H,27,28)/t18-,21+/m0/s1. The average molecular weight is 387 g/mol. The van der Waals surface area contributed by atoms with Gasteiger partial charge >= 0.3 is 11.9 Å². The van der Waals surface area contributed by atoms with Crippen molar-refractivity contribution in [2.24, 2.45) is 5.41 Å². The number of halogens is 1. The molecule has 3 rings (SSSR count). The molecule has 0 spiro atoms. The molecule has 2 atom stereocenters. The number of nitrogens with zero attached hydrogens (tertiary/aromatic N) is 1. The fourth-order valence-electron chi connectivity index (χ4n) is 3.83. The molecule has 2 aromatic rings. The second-order valence-electron chi connectivity index (χ2n) is 7.29. The number of aliphatic carboxylic acids is 1. The van der Waals surface area contributed by atoms with E-state index in [-0.39, 0.29) is 24.9 Å². The average Bonchev–Trinajstić information content (AvgIpc) is 2.64. The second kappa shape index (κ2) is 8.08. The van der Waals surface area contributed by atoms with E-state index >= 15 is 0 Å². The van der Waals surface area contributed by atoms with Gasteiger partial charge in [-0.1, -0.05) is 24.3 Å². The van der Waals surface area contributed by atoms with Crippen LogP contribution in [0.5, 0.6) is 0 Å². The summed E-state index contributed by atoms with van der Waals surface area (Å²) in [6.07, 6.45) is -0.789. The minimum Gasteiger partial charge on any atom is -0.481 e. The van der Waals surface area contributed by atoms with Gasteiger partial charge < -0.3 is 15.3 Å². The van der Waals surface area contributed by atoms with E-state index in [1.54, 1.807) is 24.3 Å². The normalized spacial score (nSPS) is 22.7. The fraction of sp³-hybridized carbons (Fsp3) is 0.333. The Hall–Kier alpha value is -2.77. The highest BCUT2D eigenvalue weighted by molar-refractivity contribution is 5.87. The van der Waals surface area contributed by atoms with Crippen molar-refractivity contribution in [1.82, 2.24) is 4.90 Å². The zero-order chi connectivity index (χ0) is 20.3. The lowest BCUT2D eigenvalue weighted by Gasteiger charge is -2.43. The lowest BCUT2D eigenvalue weighted by Crippen LogP contribution is -2.56. The van der Waals surface area contributed by atoms with Crippen molar-refractivity contribution in [2.75, 3.05) is 13.1 Å². The third-order valence-electron chi connectivity index (χ3n) is 5.28. The van der Waals surface area contributed by atoms with Gasteiger partial charge in [-0.2, -0.15) is 0 Å². The topological polar surface area (TPSA) is 98.1 Å². The van der Waals surface area contributed by atoms with E-state index in [1.807, 2.05) is 4.90 Å². The Balaban J connectivity index is 1.83. The van der Waals surface area contributed by atoms with Crippen LogP contribution in [-0.4, -0.2) is 51.4 Å². The van der Waals surface area contributed by atoms with Crippen LogP contribution in [0, 0.1) is 11.2 Å². The number of hydrogen-bond acceptors (Lipinski definition) is 4. The zero-order valence-electron chi connectivity index (χ0n) is 15.2. The first kappa shape index (κ1) is 20.0. The lowest BCUT2D eigenvalue weighted by molar-refractivity contribution is -0.163. The van der Waals surface area contributed by atoms with Gasteiger partial charge in [0.25, 0.3) is 0 Å². The van der Waals surface area contributed by atoms with Gasteiger partial charge in [0, 0.05) is 19.6 Å². The first-order chi connectivity index (χ1) is 13.3. The number of aromatic carboxylic acids is 1. The number of piperidine rings is 1. The molecule has 0 bridgehead atoms. The number of benzene rings is 2. The molecule has 0 saturated carbocycles. The van der Waals surface area contributed by atoms with Crippen LogP contribution in [0.1, 0.15) is 27.9 Å². The minimum absolute atomic E-state index is 0.00687. The Morgan fingerprint density at radius 2 is 1.82 bits per heavy atom. The quantitative estimate of drug-likeness (QED) is 0.704. The number of aliphatic hydroxyl groups is 1. The molecule has 28 heavy (non-hydrogen) atoms. The van der Waals surface area contributed by atoms with E-state index in [0.29, 0.717) is 18.7 Å². The van der Waals surface area contributed by atoms with Crippen LogP contribution < -0.4 is 0 Å². The SMILES string of the molecule is O=C(O)c1cccc(CN2CC[C@H](O)[C@](Cc3cccc(F)c3)(C(=O)O)C2)c1. The van der Waals surface area contributed by atoms with Crippen molar-refractivity contribution < 1.29 is 29.3 Å². The second-order valence-corrected chi connectivity index (χ2v) is 7.29. The van der Waals surface area contributed by atoms with E-state index in [9.17, 15) is 24.2 Å². The van der Waals surface area contributed by atoms with Gasteiger partial charge in [-0.05, 0) is 48.2 Å². The molecule has 1 aliphatic heterocycles. The fourth-order valence-corrected chi connectivity index (χ4v) is 3.83. The molecule has 1 aliphatic rings. The zero-order valence-corrected chi connectivity index (χ0v) is 15.2. The van der Waals surface area contributed by atoms with Crippen LogP contribution in [-0.2, 0) is 17.8 Å². The van der Waals surface area contributed by atoms with Crippen LogP contribution in [0.3, 0.4) is 0 Å². The molecule has 2 aromatic carbocycles. The van der Waals surface area contributed by atoms with Gasteiger partial charge in [0.1, 0.15) is 11.2 Å². The van der Waals surface area contributed by atoms with Crippen LogP contribution in [0.4, 0.5) is 4.39 Å². The molecule has 6 nitrogen and oxygen atoms in total. The summed E-state index contributed by atoms with van der Waals surface area (Å²) in [7, 11) is 0. The molecule has 3 N–H and O–H groups in total. The molecule has 1 saturated heterocycles. The first-order valence-electron chi connectivity index (χ1n) is 9.01. The summed E-state index contributed by atoms with van der Waals surface area (Å²) in [6, 6.07) is 12.2. The lowest BCUT2D eigenvalue weighted by atomic mass is 9.72. The molecule has 0 radical (unpaired) electrons. The van der Waals surface area contributed by atoms with E-state index < -0.39 is 29.3 Å². The van der Waals surface area contributed by atoms with E-state index in [1.165, 1.54) is 24.3 Å². The molecule has 7 heteroatoms. The van der Waals surface area contributed by atoms with Gasteiger partial charge in [-0.25, -0.2) is 9.18 Å². The Kier molecular flexibility index (Phi) is 5.76. The molecule has 148 valence electrons. The Morgan fingerprint density at radius 1 is 1.11 bits per heavy atom. The molecule has 0 amide bonds. The van der Waals surface area contributed by atoms with Gasteiger partial charge in [-0.15, -0.1) is 0 Å². The summed E-state index contributed by atoms with van der Waals surface area (Å²) in [5.41, 5.74) is -0.0347. The highest BCUT2D eigenvalue weighted by Crippen LogP contribution is 2.35. The van der Waals surface area contributed by atoms with Crippen molar-refractivity contribution in [3.63, 3.8) is 0 Å². The summed E-state index contributed by atoms with van der Waals surface area (Å²) in [5, 5.41) is 29.6. The molecule has 1 fully saturated rings. The molecule has 1 heterocycles. The predicted molar refractivity (Wildman–Crippen MR) is 99.5 cm³/mol. The molecule has 0 aromatic heterocycles.